The van der Waals surface area contributed by atoms with Gasteiger partial charge in [-0.25, -0.2) is 0 Å². The summed E-state index contributed by atoms with van der Waals surface area (Å²) >= 11 is 0. The van der Waals surface area contributed by atoms with Crippen molar-refractivity contribution in [2.75, 3.05) is 12.8 Å². The van der Waals surface area contributed by atoms with E-state index in [1.165, 1.54) is 44.9 Å². The Balaban J connectivity index is 1.84. The molecule has 0 saturated carbocycles. The highest BCUT2D eigenvalue weighted by Gasteiger charge is 2.33. The van der Waals surface area contributed by atoms with E-state index >= 15 is 0 Å². The number of carbonyl (C=O) groups is 1. The van der Waals surface area contributed by atoms with Crippen molar-refractivity contribution in [2.24, 2.45) is 0 Å². The van der Waals surface area contributed by atoms with E-state index < -0.39 is 13.7 Å². The van der Waals surface area contributed by atoms with Crippen molar-refractivity contribution in [2.45, 2.75) is 96.5 Å². The van der Waals surface area contributed by atoms with Gasteiger partial charge in [0.05, 0.1) is 6.16 Å². The molecule has 0 aromatic carbocycles. The van der Waals surface area contributed by atoms with Gasteiger partial charge in [-0.1, -0.05) is 57.6 Å². The van der Waals surface area contributed by atoms with E-state index in [1.807, 2.05) is 0 Å². The van der Waals surface area contributed by atoms with Crippen LogP contribution in [0.4, 0.5) is 0 Å². The van der Waals surface area contributed by atoms with Crippen molar-refractivity contribution in [3.8, 4) is 0 Å². The lowest BCUT2D eigenvalue weighted by atomic mass is 10.1. The Morgan fingerprint density at radius 1 is 1.08 bits per heavy atom. The van der Waals surface area contributed by atoms with E-state index in [2.05, 4.69) is 19.1 Å². The molecular weight excluding hydrogens is 351 g/mol. The van der Waals surface area contributed by atoms with Crippen LogP contribution in [0, 0.1) is 0 Å². The number of esters is 1. The van der Waals surface area contributed by atoms with E-state index in [1.54, 1.807) is 0 Å². The Morgan fingerprint density at radius 3 is 2.31 bits per heavy atom. The summed E-state index contributed by atoms with van der Waals surface area (Å²) in [4.78, 5) is 20.9. The number of ether oxygens (including phenoxy) is 1. The van der Waals surface area contributed by atoms with Crippen LogP contribution in [0.5, 0.6) is 0 Å². The lowest BCUT2D eigenvalue weighted by Crippen LogP contribution is -2.17. The molecule has 26 heavy (non-hydrogen) atoms. The third-order valence-corrected chi connectivity index (χ3v) is 6.07. The fourth-order valence-corrected chi connectivity index (χ4v) is 4.36. The van der Waals surface area contributed by atoms with Crippen LogP contribution in [0.2, 0.25) is 0 Å². The molecule has 1 N–H and O–H groups in total. The Hall–Kier alpha value is -0.640. The first-order chi connectivity index (χ1) is 12.5. The van der Waals surface area contributed by atoms with Crippen molar-refractivity contribution < 1.29 is 23.5 Å². The van der Waals surface area contributed by atoms with Crippen LogP contribution >= 0.6 is 7.60 Å². The number of hydrogen-bond acceptors (Lipinski definition) is 4. The summed E-state index contributed by atoms with van der Waals surface area (Å²) in [5.41, 5.74) is 0. The van der Waals surface area contributed by atoms with E-state index in [9.17, 15) is 14.3 Å². The maximum absolute atomic E-state index is 11.6. The topological polar surface area (TPSA) is 72.8 Å². The molecule has 1 heterocycles. The average molecular weight is 388 g/mol. The van der Waals surface area contributed by atoms with Crippen molar-refractivity contribution in [1.29, 1.82) is 0 Å². The summed E-state index contributed by atoms with van der Waals surface area (Å²) in [6.07, 6.45) is 18.4. The Morgan fingerprint density at radius 2 is 1.69 bits per heavy atom. The second kappa shape index (κ2) is 14.4. The molecular formula is C20H37O5P. The zero-order valence-electron chi connectivity index (χ0n) is 16.4. The third-order valence-electron chi connectivity index (χ3n) is 4.62. The molecule has 1 fully saturated rings. The Kier molecular flexibility index (Phi) is 13.0. The molecule has 0 aromatic heterocycles. The number of unbranched alkanes of at least 4 members (excludes halogenated alkanes) is 9. The second-order valence-corrected chi connectivity index (χ2v) is 9.12. The highest BCUT2D eigenvalue weighted by atomic mass is 31.2. The maximum Gasteiger partial charge on any atom is 0.328 e. The third kappa shape index (κ3) is 12.7. The fourth-order valence-electron chi connectivity index (χ4n) is 3.00. The molecule has 6 heteroatoms. The predicted octanol–water partition coefficient (Wildman–Crippen LogP) is 5.76. The van der Waals surface area contributed by atoms with Crippen LogP contribution in [0.1, 0.15) is 90.4 Å². The van der Waals surface area contributed by atoms with E-state index in [0.29, 0.717) is 12.8 Å². The van der Waals surface area contributed by atoms with Gasteiger partial charge in [-0.05, 0) is 38.5 Å². The molecule has 0 amide bonds. The molecule has 2 atom stereocenters. The van der Waals surface area contributed by atoms with Crippen LogP contribution in [0.15, 0.2) is 12.2 Å². The van der Waals surface area contributed by atoms with Crippen LogP contribution in [-0.4, -0.2) is 29.7 Å². The molecule has 1 aliphatic rings. The summed E-state index contributed by atoms with van der Waals surface area (Å²) in [5.74, 6) is -0.237. The van der Waals surface area contributed by atoms with Gasteiger partial charge in [0.15, 0.2) is 0 Å². The number of hydrogen-bond donors (Lipinski definition) is 1. The molecule has 0 radical (unpaired) electrons. The predicted molar refractivity (Wildman–Crippen MR) is 105 cm³/mol. The van der Waals surface area contributed by atoms with Crippen molar-refractivity contribution in [3.05, 3.63) is 12.2 Å². The molecule has 1 aliphatic heterocycles. The summed E-state index contributed by atoms with van der Waals surface area (Å²) in [5, 5.41) is 0. The first-order valence-electron chi connectivity index (χ1n) is 10.3. The normalized spacial score (nSPS) is 22.9. The monoisotopic (exact) mass is 388 g/mol. The largest absolute Gasteiger partial charge is 0.463 e. The smallest absolute Gasteiger partial charge is 0.328 e. The van der Waals surface area contributed by atoms with Gasteiger partial charge in [-0.2, -0.15) is 0 Å². The van der Waals surface area contributed by atoms with E-state index in [0.717, 1.165) is 25.7 Å². The lowest BCUT2D eigenvalue weighted by molar-refractivity contribution is -0.146. The zero-order chi connectivity index (χ0) is 19.1. The number of allylic oxidation sites excluding steroid dienone is 2. The quantitative estimate of drug-likeness (QED) is 0.167. The first kappa shape index (κ1) is 23.4. The maximum atomic E-state index is 11.6. The SMILES string of the molecule is CCCCCCC=CCCCCCCCC(=O)OCC1CCP(=O)(O)O1. The van der Waals surface area contributed by atoms with Gasteiger partial charge in [0, 0.05) is 6.42 Å². The van der Waals surface area contributed by atoms with Crippen molar-refractivity contribution >= 4 is 13.6 Å². The minimum absolute atomic E-state index is 0.0914. The minimum Gasteiger partial charge on any atom is -0.463 e. The van der Waals surface area contributed by atoms with E-state index in [-0.39, 0.29) is 18.7 Å². The highest BCUT2D eigenvalue weighted by Crippen LogP contribution is 2.50. The van der Waals surface area contributed by atoms with E-state index in [4.69, 9.17) is 9.26 Å². The summed E-state index contributed by atoms with van der Waals surface area (Å²) in [6.45, 7) is 2.33. The van der Waals surface area contributed by atoms with Crippen molar-refractivity contribution in [3.63, 3.8) is 0 Å². The van der Waals surface area contributed by atoms with Gasteiger partial charge in [-0.3, -0.25) is 9.36 Å². The van der Waals surface area contributed by atoms with Gasteiger partial charge in [0.1, 0.15) is 12.7 Å². The number of rotatable bonds is 15. The molecule has 1 saturated heterocycles. The number of carbonyl (C=O) groups excluding carboxylic acids is 1. The fraction of sp³-hybridized carbons (Fsp3) is 0.850. The van der Waals surface area contributed by atoms with Gasteiger partial charge in [0.25, 0.3) is 0 Å². The Bertz CT molecular complexity index is 449. The Labute approximate surface area is 159 Å². The van der Waals surface area contributed by atoms with Crippen LogP contribution in [0.25, 0.3) is 0 Å². The van der Waals surface area contributed by atoms with Gasteiger partial charge in [0.2, 0.25) is 0 Å². The second-order valence-electron chi connectivity index (χ2n) is 7.19. The molecule has 0 bridgehead atoms. The van der Waals surface area contributed by atoms with Crippen LogP contribution in [0.3, 0.4) is 0 Å². The summed E-state index contributed by atoms with van der Waals surface area (Å²) < 4.78 is 21.3. The lowest BCUT2D eigenvalue weighted by Gasteiger charge is -2.10. The first-order valence-corrected chi connectivity index (χ1v) is 12.1. The molecule has 152 valence electrons. The molecule has 0 aliphatic carbocycles. The molecule has 0 aromatic rings. The minimum atomic E-state index is -3.41. The molecule has 2 unspecified atom stereocenters. The van der Waals surface area contributed by atoms with Gasteiger partial charge < -0.3 is 14.2 Å². The summed E-state index contributed by atoms with van der Waals surface area (Å²) in [6, 6.07) is 0. The highest BCUT2D eigenvalue weighted by molar-refractivity contribution is 7.53. The van der Waals surface area contributed by atoms with Crippen molar-refractivity contribution in [1.82, 2.24) is 0 Å². The molecule has 1 rings (SSSR count). The summed E-state index contributed by atoms with van der Waals surface area (Å²) in [7, 11) is -3.41. The van der Waals surface area contributed by atoms with Crippen LogP contribution < -0.4 is 0 Å². The standard InChI is InChI=1S/C20H37O5P/c1-2-3-4-5-6-7-8-9-10-11-12-13-14-15-20(21)24-18-19-16-17-26(22,23)25-19/h7-8,19H,2-6,9-18H2,1H3,(H,22,23). The van der Waals surface area contributed by atoms with Gasteiger partial charge >= 0.3 is 13.6 Å². The van der Waals surface area contributed by atoms with Gasteiger partial charge in [-0.15, -0.1) is 0 Å². The molecule has 5 nitrogen and oxygen atoms in total. The zero-order valence-corrected chi connectivity index (χ0v) is 17.3. The average Bonchev–Trinajstić information content (AvgIpc) is 2.96. The molecule has 0 spiro atoms. The van der Waals surface area contributed by atoms with Crippen LogP contribution in [-0.2, 0) is 18.6 Å².